The Morgan fingerprint density at radius 1 is 1.32 bits per heavy atom. The van der Waals surface area contributed by atoms with Gasteiger partial charge in [0.25, 0.3) is 0 Å². The van der Waals surface area contributed by atoms with Crippen LogP contribution >= 0.6 is 11.3 Å². The van der Waals surface area contributed by atoms with Crippen LogP contribution in [0.2, 0.25) is 0 Å². The Balaban J connectivity index is 2.27. The fourth-order valence-corrected chi connectivity index (χ4v) is 3.12. The van der Waals surface area contributed by atoms with Crippen molar-refractivity contribution in [3.8, 4) is 0 Å². The molecule has 1 heterocycles. The first kappa shape index (κ1) is 13.6. The first-order chi connectivity index (χ1) is 9.00. The van der Waals surface area contributed by atoms with Gasteiger partial charge in [-0.3, -0.25) is 4.79 Å². The summed E-state index contributed by atoms with van der Waals surface area (Å²) < 4.78 is 0. The largest absolute Gasteiger partial charge is 0.377 e. The zero-order chi connectivity index (χ0) is 14.0. The summed E-state index contributed by atoms with van der Waals surface area (Å²) in [5.41, 5.74) is 9.08. The molecule has 0 aliphatic rings. The van der Waals surface area contributed by atoms with Gasteiger partial charge in [0.05, 0.1) is 6.04 Å². The molecule has 0 aliphatic carbocycles. The van der Waals surface area contributed by atoms with Crippen LogP contribution in [-0.4, -0.2) is 5.91 Å². The minimum atomic E-state index is -0.388. The van der Waals surface area contributed by atoms with Crippen molar-refractivity contribution in [3.05, 3.63) is 51.2 Å². The maximum atomic E-state index is 11.3. The highest BCUT2D eigenvalue weighted by molar-refractivity contribution is 7.10. The molecule has 0 spiro atoms. The summed E-state index contributed by atoms with van der Waals surface area (Å²) in [4.78, 5) is 12.6. The van der Waals surface area contributed by atoms with Crippen molar-refractivity contribution in [1.82, 2.24) is 0 Å². The molecule has 0 fully saturated rings. The van der Waals surface area contributed by atoms with E-state index in [0.717, 1.165) is 11.3 Å². The summed E-state index contributed by atoms with van der Waals surface area (Å²) in [7, 11) is 0. The molecule has 0 bridgehead atoms. The number of hydrogen-bond donors (Lipinski definition) is 2. The lowest BCUT2D eigenvalue weighted by atomic mass is 10.1. The van der Waals surface area contributed by atoms with Gasteiger partial charge in [-0.1, -0.05) is 6.07 Å². The molecule has 0 aliphatic heterocycles. The molecule has 2 rings (SSSR count). The van der Waals surface area contributed by atoms with Crippen LogP contribution in [0.1, 0.15) is 39.3 Å². The van der Waals surface area contributed by atoms with Crippen LogP contribution in [0.15, 0.2) is 29.6 Å². The number of aryl methyl sites for hydroxylation is 1. The highest BCUT2D eigenvalue weighted by Crippen LogP contribution is 2.28. The van der Waals surface area contributed by atoms with Crippen LogP contribution in [-0.2, 0) is 0 Å². The summed E-state index contributed by atoms with van der Waals surface area (Å²) in [6.07, 6.45) is 0. The van der Waals surface area contributed by atoms with Crippen molar-refractivity contribution in [2.24, 2.45) is 5.73 Å². The summed E-state index contributed by atoms with van der Waals surface area (Å²) in [6, 6.07) is 7.90. The lowest BCUT2D eigenvalue weighted by molar-refractivity contribution is 0.1000. The second kappa shape index (κ2) is 5.45. The molecule has 2 aromatic rings. The standard InChI is InChI=1S/C15H18N2OS/c1-9-7-8-19-14(9)11(3)17-13-6-4-5-12(10(13)2)15(16)18/h4-8,11,17H,1-3H3,(H2,16,18). The number of nitrogens with two attached hydrogens (primary N) is 1. The van der Waals surface area contributed by atoms with E-state index >= 15 is 0 Å². The Bertz CT molecular complexity index is 604. The molecule has 3 N–H and O–H groups in total. The van der Waals surface area contributed by atoms with E-state index in [1.54, 1.807) is 17.4 Å². The van der Waals surface area contributed by atoms with E-state index in [4.69, 9.17) is 5.73 Å². The van der Waals surface area contributed by atoms with Crippen LogP contribution < -0.4 is 11.1 Å². The normalized spacial score (nSPS) is 12.2. The molecule has 100 valence electrons. The Kier molecular flexibility index (Phi) is 3.90. The topological polar surface area (TPSA) is 55.1 Å². The number of anilines is 1. The number of amides is 1. The number of hydrogen-bond acceptors (Lipinski definition) is 3. The number of thiophene rings is 1. The van der Waals surface area contributed by atoms with Crippen molar-refractivity contribution in [1.29, 1.82) is 0 Å². The SMILES string of the molecule is Cc1ccsc1C(C)Nc1cccc(C(N)=O)c1C. The van der Waals surface area contributed by atoms with Crippen LogP contribution in [0.4, 0.5) is 5.69 Å². The number of carbonyl (C=O) groups is 1. The third-order valence-corrected chi connectivity index (χ3v) is 4.47. The molecule has 0 radical (unpaired) electrons. The van der Waals surface area contributed by atoms with Gasteiger partial charge in [0.2, 0.25) is 5.91 Å². The third kappa shape index (κ3) is 2.79. The summed E-state index contributed by atoms with van der Waals surface area (Å²) >= 11 is 1.74. The van der Waals surface area contributed by atoms with E-state index in [-0.39, 0.29) is 11.9 Å². The van der Waals surface area contributed by atoms with Gasteiger partial charge in [-0.05, 0) is 55.5 Å². The fraction of sp³-hybridized carbons (Fsp3) is 0.267. The molecule has 4 heteroatoms. The number of benzene rings is 1. The minimum Gasteiger partial charge on any atom is -0.377 e. The smallest absolute Gasteiger partial charge is 0.249 e. The molecule has 0 saturated carbocycles. The molecule has 1 atom stereocenters. The molecule has 1 unspecified atom stereocenters. The van der Waals surface area contributed by atoms with Crippen molar-refractivity contribution >= 4 is 22.9 Å². The van der Waals surface area contributed by atoms with Gasteiger partial charge >= 0.3 is 0 Å². The second-order valence-electron chi connectivity index (χ2n) is 4.68. The molecular weight excluding hydrogens is 256 g/mol. The lowest BCUT2D eigenvalue weighted by Crippen LogP contribution is -2.14. The van der Waals surface area contributed by atoms with E-state index in [0.29, 0.717) is 5.56 Å². The number of primary amides is 1. The zero-order valence-electron chi connectivity index (χ0n) is 11.4. The monoisotopic (exact) mass is 274 g/mol. The number of rotatable bonds is 4. The lowest BCUT2D eigenvalue weighted by Gasteiger charge is -2.18. The fourth-order valence-electron chi connectivity index (χ4n) is 2.19. The second-order valence-corrected chi connectivity index (χ2v) is 5.62. The van der Waals surface area contributed by atoms with E-state index in [1.165, 1.54) is 10.4 Å². The van der Waals surface area contributed by atoms with Crippen LogP contribution in [0.5, 0.6) is 0 Å². The summed E-state index contributed by atoms with van der Waals surface area (Å²) in [5, 5.41) is 5.54. The third-order valence-electron chi connectivity index (χ3n) is 3.27. The van der Waals surface area contributed by atoms with Gasteiger partial charge in [0.15, 0.2) is 0 Å². The maximum absolute atomic E-state index is 11.3. The Morgan fingerprint density at radius 2 is 2.05 bits per heavy atom. The quantitative estimate of drug-likeness (QED) is 0.894. The van der Waals surface area contributed by atoms with Gasteiger partial charge in [0, 0.05) is 16.1 Å². The first-order valence-electron chi connectivity index (χ1n) is 6.20. The average Bonchev–Trinajstić information content (AvgIpc) is 2.77. The van der Waals surface area contributed by atoms with Crippen LogP contribution in [0.3, 0.4) is 0 Å². The van der Waals surface area contributed by atoms with E-state index < -0.39 is 0 Å². The van der Waals surface area contributed by atoms with Crippen molar-refractivity contribution in [2.75, 3.05) is 5.32 Å². The van der Waals surface area contributed by atoms with Gasteiger partial charge in [-0.2, -0.15) is 0 Å². The molecule has 1 aromatic heterocycles. The summed E-state index contributed by atoms with van der Waals surface area (Å²) in [6.45, 7) is 6.14. The zero-order valence-corrected chi connectivity index (χ0v) is 12.2. The number of carbonyl (C=O) groups excluding carboxylic acids is 1. The van der Waals surface area contributed by atoms with E-state index in [1.807, 2.05) is 19.1 Å². The number of nitrogens with one attached hydrogen (secondary N) is 1. The highest BCUT2D eigenvalue weighted by atomic mass is 32.1. The Hall–Kier alpha value is -1.81. The highest BCUT2D eigenvalue weighted by Gasteiger charge is 2.13. The Labute approximate surface area is 117 Å². The van der Waals surface area contributed by atoms with Crippen molar-refractivity contribution in [2.45, 2.75) is 26.8 Å². The van der Waals surface area contributed by atoms with E-state index in [9.17, 15) is 4.79 Å². The molecule has 0 saturated heterocycles. The maximum Gasteiger partial charge on any atom is 0.249 e. The molecule has 19 heavy (non-hydrogen) atoms. The summed E-state index contributed by atoms with van der Waals surface area (Å²) in [5.74, 6) is -0.388. The van der Waals surface area contributed by atoms with Crippen molar-refractivity contribution < 1.29 is 4.79 Å². The van der Waals surface area contributed by atoms with Gasteiger partial charge in [0.1, 0.15) is 0 Å². The van der Waals surface area contributed by atoms with Gasteiger partial charge in [-0.15, -0.1) is 11.3 Å². The van der Waals surface area contributed by atoms with E-state index in [2.05, 4.69) is 30.6 Å². The predicted molar refractivity (Wildman–Crippen MR) is 80.8 cm³/mol. The first-order valence-corrected chi connectivity index (χ1v) is 7.08. The van der Waals surface area contributed by atoms with Crippen LogP contribution in [0.25, 0.3) is 0 Å². The van der Waals surface area contributed by atoms with Crippen LogP contribution in [0, 0.1) is 13.8 Å². The van der Waals surface area contributed by atoms with Crippen molar-refractivity contribution in [3.63, 3.8) is 0 Å². The predicted octanol–water partition coefficient (Wildman–Crippen LogP) is 3.64. The molecule has 1 aromatic carbocycles. The molecular formula is C15H18N2OS. The Morgan fingerprint density at radius 3 is 2.63 bits per heavy atom. The molecule has 1 amide bonds. The minimum absolute atomic E-state index is 0.210. The average molecular weight is 274 g/mol. The molecule has 3 nitrogen and oxygen atoms in total. The van der Waals surface area contributed by atoms with Gasteiger partial charge < -0.3 is 11.1 Å². The van der Waals surface area contributed by atoms with Gasteiger partial charge in [-0.25, -0.2) is 0 Å².